The average Bonchev–Trinajstić information content (AvgIpc) is 3.03. The number of esters is 1. The molecule has 8 atom stereocenters. The number of alkyl halides is 1. The van der Waals surface area contributed by atoms with E-state index >= 15 is 0 Å². The monoisotopic (exact) mass is 508 g/mol. The summed E-state index contributed by atoms with van der Waals surface area (Å²) >= 11 is 6.11. The molecular formula is C28H38ClFO5. The standard InChI is InChI=1S/C28H38ClFO5/c1-5-6-7-8-23(34)35-28(22(33)15-29)16(2)13-19-17-9-10-18-25(30)20(31)11-12-26(18,3)24(17)21(32)14-27(19,28)4/h11-12,16-17,19,21,24,32H,5-10,13-15H2,1-4H3/t16-,17-,19-,21-,24+,26-,27-,28-/m0/s1. The van der Waals surface area contributed by atoms with E-state index < -0.39 is 34.1 Å². The van der Waals surface area contributed by atoms with Crippen LogP contribution >= 0.6 is 11.6 Å². The van der Waals surface area contributed by atoms with Crippen LogP contribution in [0.2, 0.25) is 0 Å². The summed E-state index contributed by atoms with van der Waals surface area (Å²) in [6, 6.07) is 0. The number of ketones is 2. The van der Waals surface area contributed by atoms with E-state index in [-0.39, 0.29) is 54.1 Å². The van der Waals surface area contributed by atoms with E-state index in [1.165, 1.54) is 6.08 Å². The van der Waals surface area contributed by atoms with Crippen LogP contribution in [-0.4, -0.2) is 40.2 Å². The Morgan fingerprint density at radius 2 is 2.00 bits per heavy atom. The van der Waals surface area contributed by atoms with Gasteiger partial charge in [-0.05, 0) is 55.6 Å². The number of allylic oxidation sites excluding steroid dienone is 4. The quantitative estimate of drug-likeness (QED) is 0.280. The normalized spacial score (nSPS) is 42.4. The number of halogens is 2. The molecule has 0 amide bonds. The van der Waals surface area contributed by atoms with Crippen molar-refractivity contribution in [2.24, 2.45) is 34.5 Å². The first-order chi connectivity index (χ1) is 16.5. The summed E-state index contributed by atoms with van der Waals surface area (Å²) in [7, 11) is 0. The fraction of sp³-hybridized carbons (Fsp3) is 0.750. The molecule has 4 rings (SSSR count). The second kappa shape index (κ2) is 9.41. The summed E-state index contributed by atoms with van der Waals surface area (Å²) in [5.41, 5.74) is -2.46. The Bertz CT molecular complexity index is 974. The molecule has 7 heteroatoms. The van der Waals surface area contributed by atoms with Gasteiger partial charge in [-0.2, -0.15) is 0 Å². The number of carbonyl (C=O) groups is 3. The molecule has 0 unspecified atom stereocenters. The van der Waals surface area contributed by atoms with Crippen LogP contribution in [-0.2, 0) is 19.1 Å². The summed E-state index contributed by atoms with van der Waals surface area (Å²) in [4.78, 5) is 38.5. The molecule has 0 aromatic carbocycles. The predicted octanol–water partition coefficient (Wildman–Crippen LogP) is 5.48. The highest BCUT2D eigenvalue weighted by molar-refractivity contribution is 6.29. The molecule has 0 aromatic heterocycles. The Labute approximate surface area is 212 Å². The second-order valence-electron chi connectivity index (χ2n) is 11.7. The summed E-state index contributed by atoms with van der Waals surface area (Å²) in [5.74, 6) is -2.81. The van der Waals surface area contributed by atoms with E-state index in [9.17, 15) is 23.9 Å². The van der Waals surface area contributed by atoms with Crippen molar-refractivity contribution < 1.29 is 28.6 Å². The number of aliphatic hydroxyl groups excluding tert-OH is 1. The van der Waals surface area contributed by atoms with Crippen molar-refractivity contribution in [1.29, 1.82) is 0 Å². The number of hydrogen-bond donors (Lipinski definition) is 1. The van der Waals surface area contributed by atoms with E-state index in [2.05, 4.69) is 6.92 Å². The van der Waals surface area contributed by atoms with Crippen molar-refractivity contribution >= 4 is 29.1 Å². The van der Waals surface area contributed by atoms with Crippen molar-refractivity contribution in [3.8, 4) is 0 Å². The van der Waals surface area contributed by atoms with Gasteiger partial charge >= 0.3 is 5.97 Å². The van der Waals surface area contributed by atoms with Gasteiger partial charge in [0.1, 0.15) is 0 Å². The molecule has 4 aliphatic rings. The zero-order valence-corrected chi connectivity index (χ0v) is 22.0. The van der Waals surface area contributed by atoms with Gasteiger partial charge in [-0.15, -0.1) is 11.6 Å². The Kier molecular flexibility index (Phi) is 7.13. The second-order valence-corrected chi connectivity index (χ2v) is 11.9. The van der Waals surface area contributed by atoms with E-state index in [1.807, 2.05) is 20.8 Å². The van der Waals surface area contributed by atoms with Gasteiger partial charge in [0.15, 0.2) is 17.2 Å². The number of aliphatic hydroxyl groups is 1. The zero-order chi connectivity index (χ0) is 25.8. The van der Waals surface area contributed by atoms with E-state index in [0.29, 0.717) is 31.3 Å². The minimum Gasteiger partial charge on any atom is -0.450 e. The lowest BCUT2D eigenvalue weighted by Crippen LogP contribution is -2.64. The molecule has 0 aromatic rings. The number of fused-ring (bicyclic) bond motifs is 5. The van der Waals surface area contributed by atoms with Gasteiger partial charge in [-0.25, -0.2) is 4.39 Å². The summed E-state index contributed by atoms with van der Waals surface area (Å²) in [6.45, 7) is 7.89. The maximum Gasteiger partial charge on any atom is 0.306 e. The molecule has 0 heterocycles. The van der Waals surface area contributed by atoms with Crippen LogP contribution in [0, 0.1) is 34.5 Å². The summed E-state index contributed by atoms with van der Waals surface area (Å²) < 4.78 is 21.0. The lowest BCUT2D eigenvalue weighted by atomic mass is 9.46. The third kappa shape index (κ3) is 3.77. The molecule has 0 spiro atoms. The third-order valence-electron chi connectivity index (χ3n) is 9.92. The fourth-order valence-electron chi connectivity index (χ4n) is 8.44. The highest BCUT2D eigenvalue weighted by Gasteiger charge is 2.72. The maximum absolute atomic E-state index is 14.9. The molecule has 5 nitrogen and oxygen atoms in total. The molecule has 35 heavy (non-hydrogen) atoms. The first-order valence-corrected chi connectivity index (χ1v) is 13.6. The molecule has 4 aliphatic carbocycles. The Balaban J connectivity index is 1.73. The molecule has 0 radical (unpaired) electrons. The molecule has 1 N–H and O–H groups in total. The van der Waals surface area contributed by atoms with Gasteiger partial charge in [0.2, 0.25) is 5.78 Å². The number of rotatable bonds is 7. The van der Waals surface area contributed by atoms with Gasteiger partial charge in [-0.1, -0.05) is 46.6 Å². The van der Waals surface area contributed by atoms with Crippen LogP contribution in [0.15, 0.2) is 23.6 Å². The Hall–Kier alpha value is -1.53. The molecule has 0 aliphatic heterocycles. The first-order valence-electron chi connectivity index (χ1n) is 13.1. The number of hydrogen-bond acceptors (Lipinski definition) is 5. The van der Waals surface area contributed by atoms with E-state index in [0.717, 1.165) is 12.8 Å². The van der Waals surface area contributed by atoms with Crippen molar-refractivity contribution in [1.82, 2.24) is 0 Å². The van der Waals surface area contributed by atoms with Crippen LogP contribution in [0.25, 0.3) is 0 Å². The van der Waals surface area contributed by atoms with Gasteiger partial charge < -0.3 is 9.84 Å². The molecule has 3 fully saturated rings. The van der Waals surface area contributed by atoms with Crippen molar-refractivity contribution in [3.63, 3.8) is 0 Å². The van der Waals surface area contributed by atoms with Gasteiger partial charge in [0, 0.05) is 29.1 Å². The van der Waals surface area contributed by atoms with Crippen LogP contribution in [0.1, 0.15) is 79.1 Å². The van der Waals surface area contributed by atoms with Crippen LogP contribution in [0.4, 0.5) is 4.39 Å². The predicted molar refractivity (Wildman–Crippen MR) is 131 cm³/mol. The van der Waals surface area contributed by atoms with E-state index in [4.69, 9.17) is 16.3 Å². The fourth-order valence-corrected chi connectivity index (χ4v) is 8.64. The van der Waals surface area contributed by atoms with Crippen LogP contribution in [0.5, 0.6) is 0 Å². The van der Waals surface area contributed by atoms with E-state index in [1.54, 1.807) is 6.08 Å². The average molecular weight is 509 g/mol. The molecule has 194 valence electrons. The van der Waals surface area contributed by atoms with Crippen LogP contribution < -0.4 is 0 Å². The molecular weight excluding hydrogens is 471 g/mol. The highest BCUT2D eigenvalue weighted by atomic mass is 35.5. The minimum absolute atomic E-state index is 0.00519. The smallest absolute Gasteiger partial charge is 0.306 e. The maximum atomic E-state index is 14.9. The Morgan fingerprint density at radius 3 is 2.66 bits per heavy atom. The van der Waals surface area contributed by atoms with Gasteiger partial charge in [0.05, 0.1) is 12.0 Å². The molecule has 3 saturated carbocycles. The Morgan fingerprint density at radius 1 is 1.29 bits per heavy atom. The van der Waals surface area contributed by atoms with Crippen molar-refractivity contribution in [2.45, 2.75) is 90.8 Å². The molecule has 0 saturated heterocycles. The zero-order valence-electron chi connectivity index (χ0n) is 21.2. The first kappa shape index (κ1) is 26.5. The van der Waals surface area contributed by atoms with Crippen molar-refractivity contribution in [2.75, 3.05) is 5.88 Å². The third-order valence-corrected chi connectivity index (χ3v) is 10.2. The number of ether oxygens (including phenoxy) is 1. The summed E-state index contributed by atoms with van der Waals surface area (Å²) in [5, 5.41) is 11.6. The largest absolute Gasteiger partial charge is 0.450 e. The molecule has 0 bridgehead atoms. The summed E-state index contributed by atoms with van der Waals surface area (Å²) in [6.07, 6.45) is 6.99. The number of carbonyl (C=O) groups excluding carboxylic acids is 3. The van der Waals surface area contributed by atoms with Crippen molar-refractivity contribution in [3.05, 3.63) is 23.6 Å². The SMILES string of the molecule is CCCCCC(=O)O[C@]1(C(=O)CCl)[C@@H](C)C[C@H]2[C@@H]3CCC4=C(F)C(=O)C=C[C@]4(C)[C@H]3[C@@H](O)C[C@@]21C. The van der Waals surface area contributed by atoms with Gasteiger partial charge in [-0.3, -0.25) is 14.4 Å². The lowest BCUT2D eigenvalue weighted by Gasteiger charge is -2.60. The number of unbranched alkanes of at least 4 members (excludes halogenated alkanes) is 2. The highest BCUT2D eigenvalue weighted by Crippen LogP contribution is 2.69. The minimum atomic E-state index is -1.39. The van der Waals surface area contributed by atoms with Crippen LogP contribution in [0.3, 0.4) is 0 Å². The van der Waals surface area contributed by atoms with Gasteiger partial charge in [0.25, 0.3) is 0 Å². The lowest BCUT2D eigenvalue weighted by molar-refractivity contribution is -0.203. The number of Topliss-reactive ketones (excluding diaryl/α,β-unsaturated/α-hetero) is 1. The topological polar surface area (TPSA) is 80.7 Å².